The second-order valence-electron chi connectivity index (χ2n) is 8.74. The van der Waals surface area contributed by atoms with Gasteiger partial charge < -0.3 is 18.9 Å². The molecule has 0 aromatic carbocycles. The van der Waals surface area contributed by atoms with Crippen molar-refractivity contribution in [2.75, 3.05) is 26.4 Å². The predicted molar refractivity (Wildman–Crippen MR) is 107 cm³/mol. The molecule has 0 bridgehead atoms. The van der Waals surface area contributed by atoms with Gasteiger partial charge in [0.1, 0.15) is 0 Å². The quantitative estimate of drug-likeness (QED) is 0.534. The highest BCUT2D eigenvalue weighted by Gasteiger charge is 2.32. The summed E-state index contributed by atoms with van der Waals surface area (Å²) in [5.41, 5.74) is 0. The Balaban J connectivity index is 1.28. The molecule has 0 aromatic rings. The molecule has 1 saturated carbocycles. The van der Waals surface area contributed by atoms with Crippen molar-refractivity contribution in [1.82, 2.24) is 0 Å². The Morgan fingerprint density at radius 1 is 0.741 bits per heavy atom. The molecule has 0 unspecified atom stereocenters. The lowest BCUT2D eigenvalue weighted by atomic mass is 9.79. The summed E-state index contributed by atoms with van der Waals surface area (Å²) >= 11 is 0. The van der Waals surface area contributed by atoms with Crippen LogP contribution in [0.5, 0.6) is 0 Å². The Hall–Kier alpha value is -0.420. The van der Waals surface area contributed by atoms with Gasteiger partial charge in [-0.3, -0.25) is 0 Å². The van der Waals surface area contributed by atoms with Crippen LogP contribution in [0.4, 0.5) is 0 Å². The van der Waals surface area contributed by atoms with Gasteiger partial charge in [0.25, 0.3) is 0 Å². The standard InChI is InChI=1S/C23H40O4/c1-3-5-7-19-14-24-22(25-15-19)13-10-20-16-26-23(27-17-20)21-11-8-18(6-4-2)9-12-21/h5,7,18-23H,3-4,6,8-17H2,1-2H3/b7-5+/t18-,19-,20?,21-,22-,23?. The molecule has 0 radical (unpaired) electrons. The highest BCUT2D eigenvalue weighted by Crippen LogP contribution is 2.36. The maximum absolute atomic E-state index is 6.11. The molecule has 0 N–H and O–H groups in total. The fourth-order valence-corrected chi connectivity index (χ4v) is 4.69. The van der Waals surface area contributed by atoms with Crippen molar-refractivity contribution in [1.29, 1.82) is 0 Å². The Labute approximate surface area is 166 Å². The van der Waals surface area contributed by atoms with E-state index in [0.717, 1.165) is 51.6 Å². The van der Waals surface area contributed by atoms with Gasteiger partial charge in [-0.15, -0.1) is 0 Å². The summed E-state index contributed by atoms with van der Waals surface area (Å²) in [6, 6.07) is 0. The van der Waals surface area contributed by atoms with Gasteiger partial charge in [0.2, 0.25) is 0 Å². The Morgan fingerprint density at radius 2 is 1.44 bits per heavy atom. The predicted octanol–water partition coefficient (Wildman–Crippen LogP) is 5.32. The van der Waals surface area contributed by atoms with Gasteiger partial charge >= 0.3 is 0 Å². The molecule has 3 rings (SSSR count). The Morgan fingerprint density at radius 3 is 2.07 bits per heavy atom. The van der Waals surface area contributed by atoms with Crippen LogP contribution < -0.4 is 0 Å². The topological polar surface area (TPSA) is 36.9 Å². The van der Waals surface area contributed by atoms with E-state index in [-0.39, 0.29) is 12.6 Å². The van der Waals surface area contributed by atoms with Gasteiger partial charge in [-0.05, 0) is 50.9 Å². The van der Waals surface area contributed by atoms with E-state index in [1.807, 2.05) is 0 Å². The largest absolute Gasteiger partial charge is 0.352 e. The maximum atomic E-state index is 6.11. The molecule has 0 atom stereocenters. The summed E-state index contributed by atoms with van der Waals surface area (Å²) in [5, 5.41) is 0. The van der Waals surface area contributed by atoms with Crippen LogP contribution in [0.1, 0.15) is 71.6 Å². The van der Waals surface area contributed by atoms with Crippen molar-refractivity contribution < 1.29 is 18.9 Å². The first-order valence-corrected chi connectivity index (χ1v) is 11.4. The fraction of sp³-hybridized carbons (Fsp3) is 0.913. The van der Waals surface area contributed by atoms with E-state index in [2.05, 4.69) is 26.0 Å². The molecule has 3 fully saturated rings. The van der Waals surface area contributed by atoms with Gasteiger partial charge in [-0.1, -0.05) is 38.8 Å². The van der Waals surface area contributed by atoms with Crippen LogP contribution in [-0.2, 0) is 18.9 Å². The van der Waals surface area contributed by atoms with Gasteiger partial charge in [-0.25, -0.2) is 0 Å². The molecule has 2 saturated heterocycles. The minimum atomic E-state index is -0.0529. The first-order chi connectivity index (χ1) is 13.3. The van der Waals surface area contributed by atoms with Gasteiger partial charge in [0.05, 0.1) is 26.4 Å². The SMILES string of the molecule is CC/C=C/[C@H]1CO[C@H](CCC2COC([C@H]3CC[C@H](CCC)CC3)OC2)OC1. The molecule has 0 amide bonds. The highest BCUT2D eigenvalue weighted by atomic mass is 16.7. The van der Waals surface area contributed by atoms with Crippen LogP contribution in [-0.4, -0.2) is 39.0 Å². The average Bonchev–Trinajstić information content (AvgIpc) is 2.73. The lowest BCUT2D eigenvalue weighted by Gasteiger charge is -2.38. The van der Waals surface area contributed by atoms with E-state index in [4.69, 9.17) is 18.9 Å². The molecule has 4 nitrogen and oxygen atoms in total. The van der Waals surface area contributed by atoms with Crippen LogP contribution in [0.25, 0.3) is 0 Å². The minimum absolute atomic E-state index is 0.0390. The molecule has 1 aliphatic carbocycles. The van der Waals surface area contributed by atoms with Crippen LogP contribution in [0.3, 0.4) is 0 Å². The van der Waals surface area contributed by atoms with Crippen molar-refractivity contribution in [2.45, 2.75) is 84.2 Å². The molecular formula is C23H40O4. The number of allylic oxidation sites excluding steroid dienone is 1. The number of hydrogen-bond acceptors (Lipinski definition) is 4. The summed E-state index contributed by atoms with van der Waals surface area (Å²) in [4.78, 5) is 0. The molecule has 0 aromatic heterocycles. The van der Waals surface area contributed by atoms with Crippen molar-refractivity contribution in [3.63, 3.8) is 0 Å². The van der Waals surface area contributed by atoms with Crippen LogP contribution in [0, 0.1) is 23.7 Å². The van der Waals surface area contributed by atoms with E-state index >= 15 is 0 Å². The van der Waals surface area contributed by atoms with Gasteiger partial charge in [0, 0.05) is 17.8 Å². The third kappa shape index (κ3) is 6.85. The van der Waals surface area contributed by atoms with E-state index in [1.54, 1.807) is 0 Å². The van der Waals surface area contributed by atoms with Crippen LogP contribution >= 0.6 is 0 Å². The zero-order valence-corrected chi connectivity index (χ0v) is 17.4. The number of ether oxygens (including phenoxy) is 4. The van der Waals surface area contributed by atoms with E-state index in [9.17, 15) is 0 Å². The van der Waals surface area contributed by atoms with Crippen molar-refractivity contribution >= 4 is 0 Å². The fourth-order valence-electron chi connectivity index (χ4n) is 4.69. The normalized spacial score (nSPS) is 38.3. The maximum Gasteiger partial charge on any atom is 0.160 e. The molecular weight excluding hydrogens is 340 g/mol. The van der Waals surface area contributed by atoms with Crippen molar-refractivity contribution in [2.24, 2.45) is 23.7 Å². The third-order valence-electron chi connectivity index (χ3n) is 6.41. The minimum Gasteiger partial charge on any atom is -0.352 e. The zero-order chi connectivity index (χ0) is 18.9. The molecule has 156 valence electrons. The lowest BCUT2D eigenvalue weighted by molar-refractivity contribution is -0.235. The summed E-state index contributed by atoms with van der Waals surface area (Å²) in [6.45, 7) is 7.66. The molecule has 0 spiro atoms. The summed E-state index contributed by atoms with van der Waals surface area (Å²) in [6.07, 6.45) is 15.4. The summed E-state index contributed by atoms with van der Waals surface area (Å²) in [7, 11) is 0. The van der Waals surface area contributed by atoms with Crippen molar-refractivity contribution in [3.05, 3.63) is 12.2 Å². The summed E-state index contributed by atoms with van der Waals surface area (Å²) < 4.78 is 24.0. The van der Waals surface area contributed by atoms with E-state index < -0.39 is 0 Å². The highest BCUT2D eigenvalue weighted by molar-refractivity contribution is 4.88. The van der Waals surface area contributed by atoms with E-state index in [0.29, 0.717) is 17.8 Å². The average molecular weight is 381 g/mol. The molecule has 2 aliphatic heterocycles. The lowest BCUT2D eigenvalue weighted by Crippen LogP contribution is -2.39. The van der Waals surface area contributed by atoms with Crippen LogP contribution in [0.15, 0.2) is 12.2 Å². The monoisotopic (exact) mass is 380 g/mol. The van der Waals surface area contributed by atoms with Gasteiger partial charge in [-0.2, -0.15) is 0 Å². The summed E-state index contributed by atoms with van der Waals surface area (Å²) in [5.74, 6) is 2.44. The first kappa shape index (κ1) is 21.3. The van der Waals surface area contributed by atoms with E-state index in [1.165, 1.54) is 38.5 Å². The van der Waals surface area contributed by atoms with Crippen molar-refractivity contribution in [3.8, 4) is 0 Å². The third-order valence-corrected chi connectivity index (χ3v) is 6.41. The molecule has 27 heavy (non-hydrogen) atoms. The van der Waals surface area contributed by atoms with Gasteiger partial charge in [0.15, 0.2) is 12.6 Å². The Bertz CT molecular complexity index is 414. The Kier molecular flexibility index (Phi) is 9.11. The molecule has 2 heterocycles. The zero-order valence-electron chi connectivity index (χ0n) is 17.4. The smallest absolute Gasteiger partial charge is 0.160 e. The molecule has 4 heteroatoms. The van der Waals surface area contributed by atoms with Crippen LogP contribution in [0.2, 0.25) is 0 Å². The first-order valence-electron chi connectivity index (χ1n) is 11.4. The molecule has 3 aliphatic rings. The number of hydrogen-bond donors (Lipinski definition) is 0. The number of rotatable bonds is 8. The second-order valence-corrected chi connectivity index (χ2v) is 8.74. The second kappa shape index (κ2) is 11.5.